The first-order valence-corrected chi connectivity index (χ1v) is 6.35. The van der Waals surface area contributed by atoms with Gasteiger partial charge in [-0.1, -0.05) is 17.7 Å². The van der Waals surface area contributed by atoms with E-state index in [1.54, 1.807) is 0 Å². The summed E-state index contributed by atoms with van der Waals surface area (Å²) in [6, 6.07) is 8.06. The summed E-state index contributed by atoms with van der Waals surface area (Å²) in [5.41, 5.74) is 7.18. The molecule has 1 amide bonds. The van der Waals surface area contributed by atoms with Crippen molar-refractivity contribution in [2.75, 3.05) is 25.5 Å². The Morgan fingerprint density at radius 2 is 1.83 bits per heavy atom. The molecule has 0 atom stereocenters. The highest BCUT2D eigenvalue weighted by atomic mass is 16.1. The molecule has 3 N–H and O–H groups in total. The highest BCUT2D eigenvalue weighted by molar-refractivity contribution is 5.88. The summed E-state index contributed by atoms with van der Waals surface area (Å²) in [6.45, 7) is 3.83. The number of carbonyl (C=O) groups is 1. The molecule has 0 aromatic heterocycles. The second kappa shape index (κ2) is 4.98. The Morgan fingerprint density at radius 1 is 1.28 bits per heavy atom. The van der Waals surface area contributed by atoms with Crippen LogP contribution in [0, 0.1) is 6.92 Å². The molecule has 4 heteroatoms. The molecule has 1 aliphatic heterocycles. The summed E-state index contributed by atoms with van der Waals surface area (Å²) >= 11 is 0. The number of benzene rings is 1. The molecule has 0 spiro atoms. The quantitative estimate of drug-likeness (QED) is 0.848. The largest absolute Gasteiger partial charge is 0.371 e. The van der Waals surface area contributed by atoms with E-state index in [-0.39, 0.29) is 5.91 Å². The van der Waals surface area contributed by atoms with Crippen molar-refractivity contribution in [3.8, 4) is 0 Å². The van der Waals surface area contributed by atoms with E-state index in [1.165, 1.54) is 5.56 Å². The van der Waals surface area contributed by atoms with E-state index in [4.69, 9.17) is 5.73 Å². The molecule has 0 unspecified atom stereocenters. The third kappa shape index (κ3) is 2.64. The van der Waals surface area contributed by atoms with Crippen LogP contribution in [0.3, 0.4) is 0 Å². The van der Waals surface area contributed by atoms with Crippen molar-refractivity contribution in [2.24, 2.45) is 5.73 Å². The average molecular weight is 247 g/mol. The molecule has 98 valence electrons. The van der Waals surface area contributed by atoms with E-state index in [9.17, 15) is 4.79 Å². The number of hydrogen-bond donors (Lipinski definition) is 2. The van der Waals surface area contributed by atoms with E-state index in [2.05, 4.69) is 17.3 Å². The van der Waals surface area contributed by atoms with Gasteiger partial charge in [-0.3, -0.25) is 4.79 Å². The van der Waals surface area contributed by atoms with Crippen molar-refractivity contribution in [2.45, 2.75) is 25.3 Å². The third-order valence-electron chi connectivity index (χ3n) is 3.75. The monoisotopic (exact) mass is 247 g/mol. The van der Waals surface area contributed by atoms with Gasteiger partial charge in [-0.2, -0.15) is 0 Å². The number of piperidine rings is 1. The van der Waals surface area contributed by atoms with Crippen molar-refractivity contribution in [3.63, 3.8) is 0 Å². The van der Waals surface area contributed by atoms with Gasteiger partial charge in [0.1, 0.15) is 5.54 Å². The smallest absolute Gasteiger partial charge is 0.243 e. The van der Waals surface area contributed by atoms with Gasteiger partial charge in [0.15, 0.2) is 0 Å². The van der Waals surface area contributed by atoms with Crippen LogP contribution in [-0.4, -0.2) is 36.5 Å². The number of likely N-dealkylation sites (tertiary alicyclic amines) is 1. The van der Waals surface area contributed by atoms with Crippen LogP contribution in [0.1, 0.15) is 18.4 Å². The Labute approximate surface area is 108 Å². The Hall–Kier alpha value is -1.55. The number of nitrogens with one attached hydrogen (secondary N) is 1. The fourth-order valence-corrected chi connectivity index (χ4v) is 2.35. The number of nitrogens with two attached hydrogens (primary N) is 1. The molecule has 18 heavy (non-hydrogen) atoms. The van der Waals surface area contributed by atoms with Crippen molar-refractivity contribution in [1.82, 2.24) is 4.90 Å². The lowest BCUT2D eigenvalue weighted by Crippen LogP contribution is -2.56. The molecule has 0 radical (unpaired) electrons. The number of amides is 1. The minimum atomic E-state index is -0.595. The Morgan fingerprint density at radius 3 is 2.33 bits per heavy atom. The first kappa shape index (κ1) is 12.9. The number of primary amides is 1. The van der Waals surface area contributed by atoms with Crippen LogP contribution in [0.5, 0.6) is 0 Å². The molecule has 1 aromatic carbocycles. The number of aryl methyl sites for hydroxylation is 1. The summed E-state index contributed by atoms with van der Waals surface area (Å²) in [7, 11) is 2.07. The molecule has 0 saturated carbocycles. The minimum Gasteiger partial charge on any atom is -0.371 e. The van der Waals surface area contributed by atoms with Crippen molar-refractivity contribution in [3.05, 3.63) is 29.8 Å². The maximum Gasteiger partial charge on any atom is 0.243 e. The summed E-state index contributed by atoms with van der Waals surface area (Å²) < 4.78 is 0. The van der Waals surface area contributed by atoms with E-state index in [0.29, 0.717) is 0 Å². The summed E-state index contributed by atoms with van der Waals surface area (Å²) in [4.78, 5) is 14.0. The van der Waals surface area contributed by atoms with E-state index in [1.807, 2.05) is 31.2 Å². The van der Waals surface area contributed by atoms with Crippen molar-refractivity contribution in [1.29, 1.82) is 0 Å². The number of anilines is 1. The minimum absolute atomic E-state index is 0.254. The summed E-state index contributed by atoms with van der Waals surface area (Å²) in [5, 5.41) is 3.34. The normalized spacial score (nSPS) is 19.4. The molecule has 1 heterocycles. The van der Waals surface area contributed by atoms with Gasteiger partial charge in [0.2, 0.25) is 5.91 Å². The predicted molar refractivity (Wildman–Crippen MR) is 73.5 cm³/mol. The molecule has 1 aromatic rings. The molecule has 0 bridgehead atoms. The second-order valence-electron chi connectivity index (χ2n) is 5.24. The number of hydrogen-bond acceptors (Lipinski definition) is 3. The van der Waals surface area contributed by atoms with Crippen LogP contribution in [0.25, 0.3) is 0 Å². The van der Waals surface area contributed by atoms with Crippen LogP contribution in [-0.2, 0) is 4.79 Å². The first-order chi connectivity index (χ1) is 8.52. The lowest BCUT2D eigenvalue weighted by atomic mass is 9.86. The van der Waals surface area contributed by atoms with Gasteiger partial charge in [0.25, 0.3) is 0 Å². The van der Waals surface area contributed by atoms with Crippen LogP contribution < -0.4 is 11.1 Å². The molecule has 1 aliphatic rings. The van der Waals surface area contributed by atoms with Gasteiger partial charge < -0.3 is 16.0 Å². The highest BCUT2D eigenvalue weighted by Gasteiger charge is 2.39. The Bertz CT molecular complexity index is 419. The SMILES string of the molecule is Cc1ccc(NC2(C(N)=O)CCN(C)CC2)cc1. The van der Waals surface area contributed by atoms with Crippen LogP contribution >= 0.6 is 0 Å². The van der Waals surface area contributed by atoms with Crippen molar-refractivity contribution < 1.29 is 4.79 Å². The lowest BCUT2D eigenvalue weighted by molar-refractivity contribution is -0.123. The number of nitrogens with zero attached hydrogens (tertiary/aromatic N) is 1. The fourth-order valence-electron chi connectivity index (χ4n) is 2.35. The van der Waals surface area contributed by atoms with Gasteiger partial charge in [-0.15, -0.1) is 0 Å². The van der Waals surface area contributed by atoms with Gasteiger partial charge in [-0.05, 0) is 38.9 Å². The molecule has 2 rings (SSSR count). The molecular formula is C14H21N3O. The zero-order valence-electron chi connectivity index (χ0n) is 11.1. The maximum absolute atomic E-state index is 11.8. The number of carbonyl (C=O) groups excluding carboxylic acids is 1. The molecule has 0 aliphatic carbocycles. The average Bonchev–Trinajstić information content (AvgIpc) is 2.35. The summed E-state index contributed by atoms with van der Waals surface area (Å²) in [5.74, 6) is -0.254. The predicted octanol–water partition coefficient (Wildman–Crippen LogP) is 1.36. The third-order valence-corrected chi connectivity index (χ3v) is 3.75. The molecule has 1 saturated heterocycles. The highest BCUT2D eigenvalue weighted by Crippen LogP contribution is 2.26. The van der Waals surface area contributed by atoms with E-state index >= 15 is 0 Å². The van der Waals surface area contributed by atoms with Crippen molar-refractivity contribution >= 4 is 11.6 Å². The summed E-state index contributed by atoms with van der Waals surface area (Å²) in [6.07, 6.45) is 1.51. The van der Waals surface area contributed by atoms with Crippen LogP contribution in [0.2, 0.25) is 0 Å². The molecule has 1 fully saturated rings. The molecular weight excluding hydrogens is 226 g/mol. The number of rotatable bonds is 3. The topological polar surface area (TPSA) is 58.4 Å². The Kier molecular flexibility index (Phi) is 3.57. The zero-order chi connectivity index (χ0) is 13.2. The van der Waals surface area contributed by atoms with E-state index in [0.717, 1.165) is 31.6 Å². The molecule has 4 nitrogen and oxygen atoms in total. The standard InChI is InChI=1S/C14H21N3O/c1-11-3-5-12(6-4-11)16-14(13(15)18)7-9-17(2)10-8-14/h3-6,16H,7-10H2,1-2H3,(H2,15,18). The fraction of sp³-hybridized carbons (Fsp3) is 0.500. The maximum atomic E-state index is 11.8. The lowest BCUT2D eigenvalue weighted by Gasteiger charge is -2.39. The second-order valence-corrected chi connectivity index (χ2v) is 5.24. The van der Waals surface area contributed by atoms with Crippen LogP contribution in [0.4, 0.5) is 5.69 Å². The Balaban J connectivity index is 2.16. The van der Waals surface area contributed by atoms with Gasteiger partial charge in [-0.25, -0.2) is 0 Å². The van der Waals surface area contributed by atoms with Gasteiger partial charge in [0, 0.05) is 18.8 Å². The van der Waals surface area contributed by atoms with Gasteiger partial charge >= 0.3 is 0 Å². The first-order valence-electron chi connectivity index (χ1n) is 6.35. The van der Waals surface area contributed by atoms with E-state index < -0.39 is 5.54 Å². The zero-order valence-corrected chi connectivity index (χ0v) is 11.1. The van der Waals surface area contributed by atoms with Crippen LogP contribution in [0.15, 0.2) is 24.3 Å². The van der Waals surface area contributed by atoms with Gasteiger partial charge in [0.05, 0.1) is 0 Å².